The van der Waals surface area contributed by atoms with Gasteiger partial charge in [-0.1, -0.05) is 18.5 Å². The van der Waals surface area contributed by atoms with Gasteiger partial charge in [-0.3, -0.25) is 4.79 Å². The van der Waals surface area contributed by atoms with Gasteiger partial charge in [-0.2, -0.15) is 0 Å². The molecular weight excluding hydrogens is 316 g/mol. The first-order valence-corrected chi connectivity index (χ1v) is 7.46. The molecule has 0 aromatic heterocycles. The number of esters is 1. The van der Waals surface area contributed by atoms with Crippen LogP contribution in [0.5, 0.6) is 0 Å². The zero-order chi connectivity index (χ0) is 16.8. The average Bonchev–Trinajstić information content (AvgIpc) is 2.57. The van der Waals surface area contributed by atoms with Gasteiger partial charge in [0.2, 0.25) is 5.91 Å². The summed E-state index contributed by atoms with van der Waals surface area (Å²) in [7, 11) is 1.33. The van der Waals surface area contributed by atoms with E-state index < -0.39 is 5.97 Å². The normalized spacial score (nSPS) is 10.0. The number of amides is 1. The predicted molar refractivity (Wildman–Crippen MR) is 91.4 cm³/mol. The number of rotatable bonds is 5. The minimum atomic E-state index is -0.428. The maximum atomic E-state index is 11.6. The van der Waals surface area contributed by atoms with E-state index in [0.717, 1.165) is 11.4 Å². The quantitative estimate of drug-likeness (QED) is 0.804. The summed E-state index contributed by atoms with van der Waals surface area (Å²) in [4.78, 5) is 22.9. The van der Waals surface area contributed by atoms with Gasteiger partial charge in [0.25, 0.3) is 0 Å². The second-order valence-corrected chi connectivity index (χ2v) is 5.20. The molecule has 0 saturated heterocycles. The van der Waals surface area contributed by atoms with Gasteiger partial charge in [0.15, 0.2) is 0 Å². The van der Waals surface area contributed by atoms with Crippen LogP contribution >= 0.6 is 11.6 Å². The zero-order valence-electron chi connectivity index (χ0n) is 12.9. The van der Waals surface area contributed by atoms with E-state index in [1.54, 1.807) is 37.3 Å². The molecule has 1 amide bonds. The van der Waals surface area contributed by atoms with Crippen LogP contribution < -0.4 is 10.6 Å². The average molecular weight is 333 g/mol. The lowest BCUT2D eigenvalue weighted by Crippen LogP contribution is -2.09. The lowest BCUT2D eigenvalue weighted by molar-refractivity contribution is -0.115. The predicted octanol–water partition coefficient (Wildman–Crippen LogP) is 4.22. The highest BCUT2D eigenvalue weighted by Gasteiger charge is 2.09. The Hall–Kier alpha value is -2.53. The number of nitrogens with one attached hydrogen (secondary N) is 2. The molecule has 0 radical (unpaired) electrons. The number of carbonyl (C=O) groups is 2. The molecule has 0 heterocycles. The van der Waals surface area contributed by atoms with Crippen LogP contribution in [0.15, 0.2) is 42.5 Å². The first-order valence-electron chi connectivity index (χ1n) is 7.08. The number of methoxy groups -OCH3 is 1. The van der Waals surface area contributed by atoms with E-state index in [1.807, 2.05) is 12.1 Å². The molecule has 0 aliphatic rings. The van der Waals surface area contributed by atoms with Crippen molar-refractivity contribution in [2.45, 2.75) is 13.3 Å². The summed E-state index contributed by atoms with van der Waals surface area (Å²) in [6, 6.07) is 12.1. The minimum absolute atomic E-state index is 0.0421. The van der Waals surface area contributed by atoms with E-state index in [2.05, 4.69) is 10.6 Å². The second-order valence-electron chi connectivity index (χ2n) is 4.79. The second kappa shape index (κ2) is 7.65. The van der Waals surface area contributed by atoms with Crippen LogP contribution in [0, 0.1) is 0 Å². The third-order valence-electron chi connectivity index (χ3n) is 3.16. The van der Waals surface area contributed by atoms with Crippen molar-refractivity contribution in [3.63, 3.8) is 0 Å². The van der Waals surface area contributed by atoms with Crippen molar-refractivity contribution < 1.29 is 14.3 Å². The Morgan fingerprint density at radius 1 is 1.09 bits per heavy atom. The molecule has 2 N–H and O–H groups in total. The smallest absolute Gasteiger partial charge is 0.337 e. The fraction of sp³-hybridized carbons (Fsp3) is 0.176. The van der Waals surface area contributed by atoms with Crippen LogP contribution in [0.2, 0.25) is 5.02 Å². The molecule has 0 aliphatic heterocycles. The van der Waals surface area contributed by atoms with E-state index in [9.17, 15) is 9.59 Å². The topological polar surface area (TPSA) is 67.4 Å². The molecule has 0 saturated carbocycles. The van der Waals surface area contributed by atoms with Crippen molar-refractivity contribution in [3.8, 4) is 0 Å². The fourth-order valence-electron chi connectivity index (χ4n) is 1.91. The van der Waals surface area contributed by atoms with Crippen LogP contribution in [-0.2, 0) is 9.53 Å². The van der Waals surface area contributed by atoms with Crippen molar-refractivity contribution >= 4 is 40.5 Å². The molecule has 2 rings (SSSR count). The van der Waals surface area contributed by atoms with Gasteiger partial charge in [0.1, 0.15) is 0 Å². The van der Waals surface area contributed by atoms with Crippen molar-refractivity contribution in [2.24, 2.45) is 0 Å². The van der Waals surface area contributed by atoms with Crippen LogP contribution in [0.4, 0.5) is 17.1 Å². The van der Waals surface area contributed by atoms with E-state index in [0.29, 0.717) is 22.7 Å². The summed E-state index contributed by atoms with van der Waals surface area (Å²) in [6.45, 7) is 1.79. The molecular formula is C17H17ClN2O3. The summed E-state index contributed by atoms with van der Waals surface area (Å²) in [5.74, 6) is -0.470. The summed E-state index contributed by atoms with van der Waals surface area (Å²) in [5, 5.41) is 6.39. The Balaban J connectivity index is 2.15. The molecule has 0 bridgehead atoms. The molecule has 0 fully saturated rings. The molecule has 2 aromatic carbocycles. The Bertz CT molecular complexity index is 714. The Kier molecular flexibility index (Phi) is 5.60. The van der Waals surface area contributed by atoms with Crippen LogP contribution in [0.3, 0.4) is 0 Å². The Labute approximate surface area is 139 Å². The number of benzene rings is 2. The monoisotopic (exact) mass is 332 g/mol. The van der Waals surface area contributed by atoms with Crippen molar-refractivity contribution in [1.82, 2.24) is 0 Å². The number of ether oxygens (including phenoxy) is 1. The van der Waals surface area contributed by atoms with Crippen LogP contribution in [-0.4, -0.2) is 19.0 Å². The maximum absolute atomic E-state index is 11.6. The van der Waals surface area contributed by atoms with Gasteiger partial charge >= 0.3 is 5.97 Å². The van der Waals surface area contributed by atoms with Gasteiger partial charge in [-0.25, -0.2) is 4.79 Å². The molecule has 0 aliphatic carbocycles. The molecule has 23 heavy (non-hydrogen) atoms. The minimum Gasteiger partial charge on any atom is -0.465 e. The van der Waals surface area contributed by atoms with Crippen molar-refractivity contribution in [2.75, 3.05) is 17.7 Å². The van der Waals surface area contributed by atoms with Gasteiger partial charge in [0, 0.05) is 17.8 Å². The highest BCUT2D eigenvalue weighted by Crippen LogP contribution is 2.27. The largest absolute Gasteiger partial charge is 0.465 e. The summed E-state index contributed by atoms with van der Waals surface area (Å²) in [6.07, 6.45) is 0.427. The SMILES string of the molecule is CCC(=O)Nc1ccc(Nc2cc(C(=O)OC)ccc2Cl)cc1. The Morgan fingerprint density at radius 2 is 1.74 bits per heavy atom. The summed E-state index contributed by atoms with van der Waals surface area (Å²) in [5.41, 5.74) is 2.51. The maximum Gasteiger partial charge on any atom is 0.337 e. The molecule has 0 unspecified atom stereocenters. The van der Waals surface area contributed by atoms with Crippen LogP contribution in [0.25, 0.3) is 0 Å². The highest BCUT2D eigenvalue weighted by molar-refractivity contribution is 6.33. The van der Waals surface area contributed by atoms with E-state index >= 15 is 0 Å². The van der Waals surface area contributed by atoms with Gasteiger partial charge in [0.05, 0.1) is 23.4 Å². The van der Waals surface area contributed by atoms with E-state index in [4.69, 9.17) is 16.3 Å². The molecule has 0 spiro atoms. The molecule has 5 nitrogen and oxygen atoms in total. The number of hydrogen-bond acceptors (Lipinski definition) is 4. The molecule has 0 atom stereocenters. The first kappa shape index (κ1) is 16.8. The van der Waals surface area contributed by atoms with Gasteiger partial charge in [-0.15, -0.1) is 0 Å². The first-order chi connectivity index (χ1) is 11.0. The lowest BCUT2D eigenvalue weighted by Gasteiger charge is -2.11. The van der Waals surface area contributed by atoms with Crippen LogP contribution in [0.1, 0.15) is 23.7 Å². The van der Waals surface area contributed by atoms with Crippen molar-refractivity contribution in [3.05, 3.63) is 53.1 Å². The van der Waals surface area contributed by atoms with Gasteiger partial charge in [-0.05, 0) is 42.5 Å². The summed E-state index contributed by atoms with van der Waals surface area (Å²) >= 11 is 6.14. The number of halogens is 1. The third kappa shape index (κ3) is 4.47. The van der Waals surface area contributed by atoms with Crippen molar-refractivity contribution in [1.29, 1.82) is 0 Å². The zero-order valence-corrected chi connectivity index (χ0v) is 13.6. The number of anilines is 3. The lowest BCUT2D eigenvalue weighted by atomic mass is 10.2. The summed E-state index contributed by atoms with van der Waals surface area (Å²) < 4.78 is 4.69. The standard InChI is InChI=1S/C17H17ClN2O3/c1-3-16(21)20-13-7-5-12(6-8-13)19-15-10-11(17(22)23-2)4-9-14(15)18/h4-10,19H,3H2,1-2H3,(H,20,21). The molecule has 6 heteroatoms. The Morgan fingerprint density at radius 3 is 2.35 bits per heavy atom. The third-order valence-corrected chi connectivity index (χ3v) is 3.49. The number of carbonyl (C=O) groups excluding carboxylic acids is 2. The van der Waals surface area contributed by atoms with E-state index in [1.165, 1.54) is 7.11 Å². The van der Waals surface area contributed by atoms with Gasteiger partial charge < -0.3 is 15.4 Å². The molecule has 2 aromatic rings. The fourth-order valence-corrected chi connectivity index (χ4v) is 2.07. The number of hydrogen-bond donors (Lipinski definition) is 2. The molecule has 120 valence electrons. The highest BCUT2D eigenvalue weighted by atomic mass is 35.5. The van der Waals surface area contributed by atoms with E-state index in [-0.39, 0.29) is 5.91 Å².